The van der Waals surface area contributed by atoms with E-state index in [1.54, 1.807) is 30.4 Å². The molecule has 152 valence electrons. The van der Waals surface area contributed by atoms with Crippen molar-refractivity contribution >= 4 is 11.7 Å². The Bertz CT molecular complexity index is 984. The van der Waals surface area contributed by atoms with E-state index in [2.05, 4.69) is 5.32 Å². The molecule has 0 bridgehead atoms. The second kappa shape index (κ2) is 7.31. The Morgan fingerprint density at radius 3 is 2.34 bits per heavy atom. The maximum atomic E-state index is 13.7. The summed E-state index contributed by atoms with van der Waals surface area (Å²) in [6.45, 7) is 2.95. The van der Waals surface area contributed by atoms with Gasteiger partial charge < -0.3 is 10.2 Å². The number of carbonyl (C=O) groups excluding carboxylic acids is 2. The van der Waals surface area contributed by atoms with Crippen molar-refractivity contribution in [2.24, 2.45) is 0 Å². The fourth-order valence-corrected chi connectivity index (χ4v) is 4.28. The third-order valence-corrected chi connectivity index (χ3v) is 6.04. The van der Waals surface area contributed by atoms with E-state index in [0.29, 0.717) is 42.6 Å². The molecule has 1 N–H and O–H groups in total. The maximum absolute atomic E-state index is 13.7. The molecule has 29 heavy (non-hydrogen) atoms. The van der Waals surface area contributed by atoms with E-state index in [1.165, 1.54) is 6.07 Å². The van der Waals surface area contributed by atoms with Gasteiger partial charge in [-0.05, 0) is 60.2 Å². The number of hydrogen-bond acceptors (Lipinski definition) is 4. The summed E-state index contributed by atoms with van der Waals surface area (Å²) in [7, 11) is 1.59. The van der Waals surface area contributed by atoms with Gasteiger partial charge in [0.15, 0.2) is 17.4 Å². The van der Waals surface area contributed by atoms with E-state index >= 15 is 0 Å². The van der Waals surface area contributed by atoms with Crippen LogP contribution in [-0.4, -0.2) is 42.5 Å². The van der Waals surface area contributed by atoms with Crippen molar-refractivity contribution in [1.82, 2.24) is 10.4 Å². The molecule has 2 aliphatic rings. The van der Waals surface area contributed by atoms with Crippen molar-refractivity contribution in [3.05, 3.63) is 59.2 Å². The average molecular weight is 400 g/mol. The molecule has 1 spiro atoms. The van der Waals surface area contributed by atoms with Crippen LogP contribution in [0.15, 0.2) is 36.4 Å². The van der Waals surface area contributed by atoms with Crippen molar-refractivity contribution in [3.63, 3.8) is 0 Å². The first-order valence-electron chi connectivity index (χ1n) is 9.56. The molecule has 1 unspecified atom stereocenters. The molecule has 1 atom stereocenters. The lowest BCUT2D eigenvalue weighted by Gasteiger charge is -2.36. The molecule has 2 saturated heterocycles. The minimum absolute atomic E-state index is 0.135. The Balaban J connectivity index is 1.68. The third-order valence-electron chi connectivity index (χ3n) is 6.04. The highest BCUT2D eigenvalue weighted by Gasteiger charge is 2.54. The van der Waals surface area contributed by atoms with Crippen LogP contribution in [0.2, 0.25) is 0 Å². The molecule has 5 nitrogen and oxygen atoms in total. The molecular weight excluding hydrogens is 378 g/mol. The van der Waals surface area contributed by atoms with Crippen molar-refractivity contribution in [2.45, 2.75) is 31.2 Å². The Hall–Kier alpha value is -2.64. The van der Waals surface area contributed by atoms with Gasteiger partial charge in [0.25, 0.3) is 0 Å². The van der Waals surface area contributed by atoms with Gasteiger partial charge in [-0.2, -0.15) is 5.06 Å². The first kappa shape index (κ1) is 19.7. The van der Waals surface area contributed by atoms with Crippen LogP contribution in [0.4, 0.5) is 8.78 Å². The topological polar surface area (TPSA) is 58.6 Å². The number of rotatable bonds is 3. The Morgan fingerprint density at radius 2 is 1.69 bits per heavy atom. The van der Waals surface area contributed by atoms with Gasteiger partial charge in [-0.25, -0.2) is 8.78 Å². The maximum Gasteiger partial charge on any atom is 0.235 e. The zero-order valence-electron chi connectivity index (χ0n) is 16.3. The molecule has 1 amide bonds. The summed E-state index contributed by atoms with van der Waals surface area (Å²) in [6.07, 6.45) is 0.980. The summed E-state index contributed by atoms with van der Waals surface area (Å²) in [5, 5.41) is 4.71. The number of amides is 1. The number of benzene rings is 2. The molecule has 2 fully saturated rings. The summed E-state index contributed by atoms with van der Waals surface area (Å²) in [4.78, 5) is 31.4. The van der Waals surface area contributed by atoms with Crippen LogP contribution in [-0.2, 0) is 14.4 Å². The lowest BCUT2D eigenvalue weighted by atomic mass is 9.79. The van der Waals surface area contributed by atoms with Gasteiger partial charge >= 0.3 is 0 Å². The van der Waals surface area contributed by atoms with Gasteiger partial charge in [-0.3, -0.25) is 9.59 Å². The number of Topliss-reactive ketones (excluding diaryl/α,β-unsaturated/α-hetero) is 1. The van der Waals surface area contributed by atoms with Crippen LogP contribution in [0.5, 0.6) is 0 Å². The van der Waals surface area contributed by atoms with E-state index in [0.717, 1.165) is 17.7 Å². The Labute approximate surface area is 167 Å². The molecule has 0 saturated carbocycles. The normalized spacial score (nSPS) is 21.6. The second-order valence-electron chi connectivity index (χ2n) is 7.68. The van der Waals surface area contributed by atoms with Crippen LogP contribution in [0.3, 0.4) is 0 Å². The van der Waals surface area contributed by atoms with Crippen molar-refractivity contribution in [1.29, 1.82) is 0 Å². The number of hydrogen-bond donors (Lipinski definition) is 1. The van der Waals surface area contributed by atoms with E-state index in [9.17, 15) is 18.4 Å². The number of nitrogens with one attached hydrogen (secondary N) is 1. The molecule has 2 aromatic rings. The van der Waals surface area contributed by atoms with Gasteiger partial charge in [0, 0.05) is 13.1 Å². The average Bonchev–Trinajstić information content (AvgIpc) is 2.95. The quantitative estimate of drug-likeness (QED) is 0.805. The Kier molecular flexibility index (Phi) is 4.96. The molecule has 2 aliphatic heterocycles. The van der Waals surface area contributed by atoms with E-state index in [4.69, 9.17) is 4.84 Å². The van der Waals surface area contributed by atoms with Crippen LogP contribution in [0.25, 0.3) is 11.1 Å². The molecule has 4 rings (SSSR count). The highest BCUT2D eigenvalue weighted by molar-refractivity contribution is 6.17. The van der Waals surface area contributed by atoms with Crippen LogP contribution >= 0.6 is 0 Å². The fourth-order valence-electron chi connectivity index (χ4n) is 4.28. The number of nitrogens with zero attached hydrogens (tertiary/aromatic N) is 1. The van der Waals surface area contributed by atoms with Gasteiger partial charge in [0.1, 0.15) is 11.5 Å². The highest BCUT2D eigenvalue weighted by Crippen LogP contribution is 2.38. The van der Waals surface area contributed by atoms with Crippen LogP contribution < -0.4 is 5.32 Å². The molecule has 2 heterocycles. The fraction of sp³-hybridized carbons (Fsp3) is 0.364. The lowest BCUT2D eigenvalue weighted by Crippen LogP contribution is -2.54. The standard InChI is InChI=1S/C22H22F2N2O3/c1-13-3-4-14(15-5-6-17(23)18(24)12-15)11-16(13)19-20(27)22(25-21(19)28)7-9-26(29-2)10-8-22/h3-6,11-12,19H,7-10H2,1-2H3,(H,25,28). The molecule has 0 aromatic heterocycles. The predicted molar refractivity (Wildman–Crippen MR) is 103 cm³/mol. The minimum Gasteiger partial charge on any atom is -0.343 e. The van der Waals surface area contributed by atoms with Gasteiger partial charge in [0.2, 0.25) is 5.91 Å². The predicted octanol–water partition coefficient (Wildman–Crippen LogP) is 3.12. The molecule has 0 aliphatic carbocycles. The first-order valence-corrected chi connectivity index (χ1v) is 9.56. The largest absolute Gasteiger partial charge is 0.343 e. The van der Waals surface area contributed by atoms with Crippen LogP contribution in [0, 0.1) is 18.6 Å². The minimum atomic E-state index is -0.942. The van der Waals surface area contributed by atoms with Crippen LogP contribution in [0.1, 0.15) is 29.9 Å². The zero-order chi connectivity index (χ0) is 20.8. The van der Waals surface area contributed by atoms with Crippen molar-refractivity contribution in [3.8, 4) is 11.1 Å². The summed E-state index contributed by atoms with van der Waals surface area (Å²) < 4.78 is 26.9. The summed E-state index contributed by atoms with van der Waals surface area (Å²) in [5.74, 6) is -3.22. The number of ketones is 1. The van der Waals surface area contributed by atoms with E-state index < -0.39 is 23.1 Å². The van der Waals surface area contributed by atoms with Gasteiger partial charge in [0.05, 0.1) is 7.11 Å². The number of piperidine rings is 1. The van der Waals surface area contributed by atoms with E-state index in [1.807, 2.05) is 6.92 Å². The summed E-state index contributed by atoms with van der Waals surface area (Å²) in [5.41, 5.74) is 1.64. The molecular formula is C22H22F2N2O3. The number of aryl methyl sites for hydroxylation is 1. The summed E-state index contributed by atoms with van der Waals surface area (Å²) >= 11 is 0. The second-order valence-corrected chi connectivity index (χ2v) is 7.68. The van der Waals surface area contributed by atoms with Gasteiger partial charge in [-0.15, -0.1) is 0 Å². The monoisotopic (exact) mass is 400 g/mol. The summed E-state index contributed by atoms with van der Waals surface area (Å²) in [6, 6.07) is 8.96. The zero-order valence-corrected chi connectivity index (χ0v) is 16.3. The Morgan fingerprint density at radius 1 is 1.03 bits per heavy atom. The lowest BCUT2D eigenvalue weighted by molar-refractivity contribution is -0.157. The third kappa shape index (κ3) is 3.34. The number of halogens is 2. The van der Waals surface area contributed by atoms with Crippen molar-refractivity contribution < 1.29 is 23.2 Å². The SMILES string of the molecule is CON1CCC2(CC1)NC(=O)C(c1cc(-c3ccc(F)c(F)c3)ccc1C)C2=O. The van der Waals surface area contributed by atoms with Gasteiger partial charge in [-0.1, -0.05) is 18.2 Å². The molecule has 0 radical (unpaired) electrons. The van der Waals surface area contributed by atoms with Crippen molar-refractivity contribution in [2.75, 3.05) is 20.2 Å². The van der Waals surface area contributed by atoms with E-state index in [-0.39, 0.29) is 11.7 Å². The molecule has 7 heteroatoms. The number of hydroxylamine groups is 2. The number of carbonyl (C=O) groups is 2. The highest BCUT2D eigenvalue weighted by atomic mass is 19.2. The molecule has 2 aromatic carbocycles. The smallest absolute Gasteiger partial charge is 0.235 e. The first-order chi connectivity index (χ1) is 13.8.